The van der Waals surface area contributed by atoms with E-state index in [9.17, 15) is 0 Å². The fourth-order valence-electron chi connectivity index (χ4n) is 2.31. The molecular weight excluding hydrogens is 182 g/mol. The van der Waals surface area contributed by atoms with Crippen LogP contribution in [0, 0.1) is 5.92 Å². The third kappa shape index (κ3) is 2.82. The molecule has 2 rings (SSSR count). The predicted molar refractivity (Wildman–Crippen MR) is 65.0 cm³/mol. The molecule has 1 saturated carbocycles. The monoisotopic (exact) mass is 203 g/mol. The summed E-state index contributed by atoms with van der Waals surface area (Å²) in [6, 6.07) is 11.5. The molecule has 1 aliphatic carbocycles. The van der Waals surface area contributed by atoms with Crippen molar-refractivity contribution in [2.24, 2.45) is 5.92 Å². The van der Waals surface area contributed by atoms with Crippen molar-refractivity contribution in [1.29, 1.82) is 0 Å². The van der Waals surface area contributed by atoms with E-state index in [2.05, 4.69) is 49.5 Å². The molecule has 1 fully saturated rings. The highest BCUT2D eigenvalue weighted by atomic mass is 14.9. The SMILES string of the molecule is CC1CC(NCC(C)c2ccccc2)C1. The Balaban J connectivity index is 1.75. The van der Waals surface area contributed by atoms with E-state index in [0.717, 1.165) is 18.5 Å². The van der Waals surface area contributed by atoms with E-state index in [4.69, 9.17) is 0 Å². The van der Waals surface area contributed by atoms with Gasteiger partial charge in [0.1, 0.15) is 0 Å². The Morgan fingerprint density at radius 2 is 1.93 bits per heavy atom. The van der Waals surface area contributed by atoms with Crippen LogP contribution in [0.5, 0.6) is 0 Å². The van der Waals surface area contributed by atoms with E-state index in [1.807, 2.05) is 0 Å². The summed E-state index contributed by atoms with van der Waals surface area (Å²) in [6.07, 6.45) is 2.73. The van der Waals surface area contributed by atoms with Crippen LogP contribution in [0.2, 0.25) is 0 Å². The van der Waals surface area contributed by atoms with Gasteiger partial charge in [0, 0.05) is 12.6 Å². The van der Waals surface area contributed by atoms with E-state index >= 15 is 0 Å². The Morgan fingerprint density at radius 3 is 2.53 bits per heavy atom. The van der Waals surface area contributed by atoms with Crippen molar-refractivity contribution in [2.45, 2.75) is 38.6 Å². The van der Waals surface area contributed by atoms with Gasteiger partial charge in [0.15, 0.2) is 0 Å². The van der Waals surface area contributed by atoms with E-state index in [0.29, 0.717) is 5.92 Å². The Kier molecular flexibility index (Phi) is 3.42. The quantitative estimate of drug-likeness (QED) is 0.792. The summed E-state index contributed by atoms with van der Waals surface area (Å²) in [6.45, 7) is 5.74. The van der Waals surface area contributed by atoms with Gasteiger partial charge in [-0.3, -0.25) is 0 Å². The molecule has 0 saturated heterocycles. The van der Waals surface area contributed by atoms with Crippen LogP contribution >= 0.6 is 0 Å². The first-order valence-corrected chi connectivity index (χ1v) is 6.04. The summed E-state index contributed by atoms with van der Waals surface area (Å²) >= 11 is 0. The van der Waals surface area contributed by atoms with Crippen LogP contribution in [-0.2, 0) is 0 Å². The number of nitrogens with one attached hydrogen (secondary N) is 1. The lowest BCUT2D eigenvalue weighted by atomic mass is 9.81. The second-order valence-corrected chi connectivity index (χ2v) is 4.99. The van der Waals surface area contributed by atoms with Gasteiger partial charge in [-0.05, 0) is 30.2 Å². The molecule has 1 aromatic rings. The Hall–Kier alpha value is -0.820. The third-order valence-electron chi connectivity index (χ3n) is 3.46. The van der Waals surface area contributed by atoms with E-state index in [1.165, 1.54) is 18.4 Å². The average Bonchev–Trinajstić information content (AvgIpc) is 2.23. The van der Waals surface area contributed by atoms with Gasteiger partial charge in [-0.25, -0.2) is 0 Å². The minimum Gasteiger partial charge on any atom is -0.313 e. The van der Waals surface area contributed by atoms with Crippen molar-refractivity contribution in [3.8, 4) is 0 Å². The third-order valence-corrected chi connectivity index (χ3v) is 3.46. The summed E-state index contributed by atoms with van der Waals surface area (Å²) in [4.78, 5) is 0. The molecule has 0 radical (unpaired) electrons. The molecule has 82 valence electrons. The minimum atomic E-state index is 0.627. The van der Waals surface area contributed by atoms with Crippen LogP contribution in [0.4, 0.5) is 0 Å². The molecule has 1 unspecified atom stereocenters. The first kappa shape index (κ1) is 10.7. The maximum atomic E-state index is 3.65. The lowest BCUT2D eigenvalue weighted by Crippen LogP contribution is -2.41. The molecule has 1 aromatic carbocycles. The molecular formula is C14H21N. The Bertz CT molecular complexity index is 287. The molecule has 0 bridgehead atoms. The first-order valence-electron chi connectivity index (χ1n) is 6.04. The van der Waals surface area contributed by atoms with Crippen LogP contribution in [0.25, 0.3) is 0 Å². The lowest BCUT2D eigenvalue weighted by molar-refractivity contribution is 0.239. The molecule has 1 heteroatoms. The summed E-state index contributed by atoms with van der Waals surface area (Å²) < 4.78 is 0. The van der Waals surface area contributed by atoms with E-state index in [1.54, 1.807) is 0 Å². The van der Waals surface area contributed by atoms with Gasteiger partial charge in [-0.15, -0.1) is 0 Å². The van der Waals surface area contributed by atoms with Crippen molar-refractivity contribution < 1.29 is 0 Å². The number of rotatable bonds is 4. The highest BCUT2D eigenvalue weighted by Gasteiger charge is 2.24. The number of benzene rings is 1. The van der Waals surface area contributed by atoms with E-state index in [-0.39, 0.29) is 0 Å². The van der Waals surface area contributed by atoms with Crippen molar-refractivity contribution in [2.75, 3.05) is 6.54 Å². The molecule has 1 atom stereocenters. The number of hydrogen-bond donors (Lipinski definition) is 1. The van der Waals surface area contributed by atoms with Crippen molar-refractivity contribution in [1.82, 2.24) is 5.32 Å². The fraction of sp³-hybridized carbons (Fsp3) is 0.571. The molecule has 1 nitrogen and oxygen atoms in total. The maximum absolute atomic E-state index is 3.65. The standard InChI is InChI=1S/C14H21N/c1-11-8-14(9-11)15-10-12(2)13-6-4-3-5-7-13/h3-7,11-12,14-15H,8-10H2,1-2H3. The fourth-order valence-corrected chi connectivity index (χ4v) is 2.31. The largest absolute Gasteiger partial charge is 0.313 e. The van der Waals surface area contributed by atoms with Crippen molar-refractivity contribution >= 4 is 0 Å². The van der Waals surface area contributed by atoms with E-state index < -0.39 is 0 Å². The minimum absolute atomic E-state index is 0.627. The summed E-state index contributed by atoms with van der Waals surface area (Å²) in [5.41, 5.74) is 1.44. The topological polar surface area (TPSA) is 12.0 Å². The Labute approximate surface area is 92.9 Å². The summed E-state index contributed by atoms with van der Waals surface area (Å²) in [5.74, 6) is 1.57. The van der Waals surface area contributed by atoms with Gasteiger partial charge in [-0.1, -0.05) is 44.2 Å². The van der Waals surface area contributed by atoms with Crippen LogP contribution in [-0.4, -0.2) is 12.6 Å². The number of hydrogen-bond acceptors (Lipinski definition) is 1. The normalized spacial score (nSPS) is 27.1. The first-order chi connectivity index (χ1) is 7.25. The zero-order chi connectivity index (χ0) is 10.7. The van der Waals surface area contributed by atoms with Gasteiger partial charge >= 0.3 is 0 Å². The molecule has 1 aliphatic rings. The van der Waals surface area contributed by atoms with Gasteiger partial charge in [0.25, 0.3) is 0 Å². The zero-order valence-electron chi connectivity index (χ0n) is 9.74. The maximum Gasteiger partial charge on any atom is 0.00723 e. The Morgan fingerprint density at radius 1 is 1.27 bits per heavy atom. The smallest absolute Gasteiger partial charge is 0.00723 e. The summed E-state index contributed by atoms with van der Waals surface area (Å²) in [7, 11) is 0. The second kappa shape index (κ2) is 4.80. The molecule has 0 heterocycles. The van der Waals surface area contributed by atoms with Crippen LogP contribution in [0.1, 0.15) is 38.2 Å². The van der Waals surface area contributed by atoms with Crippen LogP contribution < -0.4 is 5.32 Å². The van der Waals surface area contributed by atoms with Gasteiger partial charge in [0.05, 0.1) is 0 Å². The van der Waals surface area contributed by atoms with Gasteiger partial charge < -0.3 is 5.32 Å². The van der Waals surface area contributed by atoms with Crippen molar-refractivity contribution in [3.05, 3.63) is 35.9 Å². The lowest BCUT2D eigenvalue weighted by Gasteiger charge is -2.34. The molecule has 0 aliphatic heterocycles. The molecule has 0 spiro atoms. The molecule has 15 heavy (non-hydrogen) atoms. The predicted octanol–water partition coefficient (Wildman–Crippen LogP) is 3.18. The zero-order valence-corrected chi connectivity index (χ0v) is 9.74. The van der Waals surface area contributed by atoms with Crippen LogP contribution in [0.3, 0.4) is 0 Å². The highest BCUT2D eigenvalue weighted by molar-refractivity contribution is 5.19. The van der Waals surface area contributed by atoms with Gasteiger partial charge in [-0.2, -0.15) is 0 Å². The average molecular weight is 203 g/mol. The second-order valence-electron chi connectivity index (χ2n) is 4.99. The molecule has 1 N–H and O–H groups in total. The van der Waals surface area contributed by atoms with Gasteiger partial charge in [0.2, 0.25) is 0 Å². The summed E-state index contributed by atoms with van der Waals surface area (Å²) in [5, 5.41) is 3.65. The molecule has 0 aromatic heterocycles. The molecule has 0 amide bonds. The highest BCUT2D eigenvalue weighted by Crippen LogP contribution is 2.26. The van der Waals surface area contributed by atoms with Crippen LogP contribution in [0.15, 0.2) is 30.3 Å². The van der Waals surface area contributed by atoms with Crippen molar-refractivity contribution in [3.63, 3.8) is 0 Å².